The molecule has 0 aliphatic carbocycles. The average Bonchev–Trinajstić information content (AvgIpc) is 3.44. The predicted molar refractivity (Wildman–Crippen MR) is 158 cm³/mol. The zero-order valence-corrected chi connectivity index (χ0v) is 27.8. The van der Waals surface area contributed by atoms with Gasteiger partial charge in [-0.15, -0.1) is 11.8 Å². The Labute approximate surface area is 266 Å². The van der Waals surface area contributed by atoms with Gasteiger partial charge in [-0.2, -0.15) is 0 Å². The van der Waals surface area contributed by atoms with Gasteiger partial charge in [0, 0.05) is 43.6 Å². The monoisotopic (exact) mass is 657 g/mol. The molecule has 2 fully saturated rings. The maximum absolute atomic E-state index is 13.5. The number of aliphatic hydroxyl groups is 1. The zero-order valence-electron chi connectivity index (χ0n) is 27.0. The Balaban J connectivity index is 1.85. The highest BCUT2D eigenvalue weighted by Crippen LogP contribution is 2.52. The van der Waals surface area contributed by atoms with Gasteiger partial charge in [-0.25, -0.2) is 14.4 Å². The molecule has 3 heterocycles. The number of likely N-dealkylation sites (tertiary alicyclic amines) is 1. The molecule has 15 nitrogen and oxygen atoms in total. The summed E-state index contributed by atoms with van der Waals surface area (Å²) in [5, 5.41) is 9.89. The highest BCUT2D eigenvalue weighted by Gasteiger charge is 2.61. The number of carbonyl (C=O) groups is 6. The Bertz CT molecular complexity index is 1220. The molecule has 3 rings (SSSR count). The molecule has 1 N–H and O–H groups in total. The first kappa shape index (κ1) is 35.9. The summed E-state index contributed by atoms with van der Waals surface area (Å²) in [5.74, 6) is -3.85. The van der Waals surface area contributed by atoms with Crippen LogP contribution >= 0.6 is 11.8 Å². The fourth-order valence-corrected chi connectivity index (χ4v) is 6.96. The van der Waals surface area contributed by atoms with Crippen LogP contribution in [0.5, 0.6) is 0 Å². The first-order valence-electron chi connectivity index (χ1n) is 14.8. The number of aliphatic hydroxyl groups excluding tert-OH is 1. The van der Waals surface area contributed by atoms with Crippen molar-refractivity contribution in [1.29, 1.82) is 0 Å². The normalized spacial score (nSPS) is 25.4. The summed E-state index contributed by atoms with van der Waals surface area (Å²) in [7, 11) is 3.11. The van der Waals surface area contributed by atoms with E-state index in [1.54, 1.807) is 41.8 Å². The molecule has 3 amide bonds. The minimum atomic E-state index is -1.34. The van der Waals surface area contributed by atoms with Crippen molar-refractivity contribution in [2.45, 2.75) is 90.7 Å². The molecule has 252 valence electrons. The Morgan fingerprint density at radius 2 is 1.64 bits per heavy atom. The molecule has 0 radical (unpaired) electrons. The van der Waals surface area contributed by atoms with E-state index in [1.165, 1.54) is 40.3 Å². The number of rotatable bonds is 11. The third-order valence-electron chi connectivity index (χ3n) is 7.54. The fourth-order valence-electron chi connectivity index (χ4n) is 5.44. The van der Waals surface area contributed by atoms with E-state index in [4.69, 9.17) is 23.7 Å². The summed E-state index contributed by atoms with van der Waals surface area (Å²) in [5.41, 5.74) is -0.0517. The average molecular weight is 658 g/mol. The molecule has 7 atom stereocenters. The van der Waals surface area contributed by atoms with E-state index >= 15 is 0 Å². The van der Waals surface area contributed by atoms with Crippen LogP contribution in [0.15, 0.2) is 10.6 Å². The third-order valence-corrected chi connectivity index (χ3v) is 9.03. The number of likely N-dealkylation sites (N-methyl/N-ethyl adjacent to an activating group) is 1. The molecule has 0 aromatic heterocycles. The molecular weight excluding hydrogens is 614 g/mol. The summed E-state index contributed by atoms with van der Waals surface area (Å²) in [6.45, 7) is 10.6. The molecule has 0 aromatic carbocycles. The molecule has 45 heavy (non-hydrogen) atoms. The van der Waals surface area contributed by atoms with Gasteiger partial charge >= 0.3 is 24.2 Å². The second kappa shape index (κ2) is 14.7. The number of esters is 2. The number of thioether (sulfide) groups is 1. The Morgan fingerprint density at radius 3 is 2.20 bits per heavy atom. The number of hydrogen-bond acceptors (Lipinski definition) is 13. The van der Waals surface area contributed by atoms with Crippen LogP contribution in [0, 0.1) is 17.8 Å². The minimum absolute atomic E-state index is 0.0451. The highest BCUT2D eigenvalue weighted by molar-refractivity contribution is 8.03. The fraction of sp³-hybridized carbons (Fsp3) is 0.724. The van der Waals surface area contributed by atoms with Gasteiger partial charge in [0.1, 0.15) is 11.7 Å². The van der Waals surface area contributed by atoms with Crippen LogP contribution in [0.25, 0.3) is 0 Å². The summed E-state index contributed by atoms with van der Waals surface area (Å²) in [4.78, 5) is 80.7. The Morgan fingerprint density at radius 1 is 1.00 bits per heavy atom. The van der Waals surface area contributed by atoms with Crippen molar-refractivity contribution < 1.29 is 57.6 Å². The summed E-state index contributed by atoms with van der Waals surface area (Å²) in [6, 6.07) is -1.43. The van der Waals surface area contributed by atoms with Gasteiger partial charge in [-0.05, 0) is 27.2 Å². The lowest BCUT2D eigenvalue weighted by Gasteiger charge is -2.46. The number of fused-ring (bicyclic) bond motifs is 1. The maximum Gasteiger partial charge on any atom is 0.511 e. The lowest BCUT2D eigenvalue weighted by atomic mass is 9.79. The quantitative estimate of drug-likeness (QED) is 0.148. The highest BCUT2D eigenvalue weighted by atomic mass is 32.2. The standard InChI is InChI=1S/C29H43N3O12S/c1-13(2)26(36)40-12-41-28(38)31-11-18(10-19(31)24(34)30(8)9)45-23-15(5)21-20(16(6)33)25(35)32(21)22(23)27(37)43-17(7)44-29(39)42-14(3)4/h13-21,33H,10-12H2,1-9H3/t15-,16-,17?,18+,19+,20-,21-/m1/s1. The lowest BCUT2D eigenvalue weighted by molar-refractivity contribution is -0.174. The molecule has 3 aliphatic rings. The second-order valence-electron chi connectivity index (χ2n) is 12.0. The number of ether oxygens (including phenoxy) is 5. The van der Waals surface area contributed by atoms with E-state index in [0.29, 0.717) is 4.91 Å². The minimum Gasteiger partial charge on any atom is -0.431 e. The smallest absolute Gasteiger partial charge is 0.431 e. The molecule has 16 heteroatoms. The van der Waals surface area contributed by atoms with E-state index < -0.39 is 90.5 Å². The lowest BCUT2D eigenvalue weighted by Crippen LogP contribution is -2.63. The Hall–Kier alpha value is -3.53. The van der Waals surface area contributed by atoms with Crippen LogP contribution in [0.4, 0.5) is 9.59 Å². The maximum atomic E-state index is 13.5. The van der Waals surface area contributed by atoms with Crippen LogP contribution in [0.3, 0.4) is 0 Å². The van der Waals surface area contributed by atoms with Crippen LogP contribution in [0.1, 0.15) is 54.9 Å². The van der Waals surface area contributed by atoms with Gasteiger partial charge in [0.15, 0.2) is 0 Å². The van der Waals surface area contributed by atoms with E-state index in [-0.39, 0.29) is 24.6 Å². The first-order valence-corrected chi connectivity index (χ1v) is 15.6. The number of amides is 3. The van der Waals surface area contributed by atoms with Gasteiger partial charge in [0.2, 0.25) is 24.9 Å². The van der Waals surface area contributed by atoms with Crippen LogP contribution in [-0.2, 0) is 42.9 Å². The molecule has 0 aromatic rings. The first-order chi connectivity index (χ1) is 21.0. The number of nitrogens with zero attached hydrogens (tertiary/aromatic N) is 3. The summed E-state index contributed by atoms with van der Waals surface area (Å²) >= 11 is 1.22. The van der Waals surface area contributed by atoms with Gasteiger partial charge in [-0.3, -0.25) is 19.3 Å². The molecule has 3 aliphatic heterocycles. The van der Waals surface area contributed by atoms with Crippen molar-refractivity contribution in [1.82, 2.24) is 14.7 Å². The predicted octanol–water partition coefficient (Wildman–Crippen LogP) is 2.06. The molecule has 2 saturated heterocycles. The van der Waals surface area contributed by atoms with Gasteiger partial charge in [-0.1, -0.05) is 20.8 Å². The largest absolute Gasteiger partial charge is 0.511 e. The topological polar surface area (TPSA) is 179 Å². The van der Waals surface area contributed by atoms with Gasteiger partial charge in [0.25, 0.3) is 0 Å². The van der Waals surface area contributed by atoms with Crippen molar-refractivity contribution >= 4 is 47.8 Å². The van der Waals surface area contributed by atoms with E-state index in [9.17, 15) is 33.9 Å². The SMILES string of the molecule is CC(C)OC(=O)OC(C)OC(=O)C1=C(S[C@H]2C[C@@H](C(=O)N(C)C)N(C(=O)OCOC(=O)C(C)C)C2)[C@H](C)[C@@H]2[C@@H]([C@@H](C)O)C(=O)N12. The van der Waals surface area contributed by atoms with E-state index in [0.717, 1.165) is 0 Å². The third kappa shape index (κ3) is 8.01. The van der Waals surface area contributed by atoms with Crippen molar-refractivity contribution in [2.75, 3.05) is 27.4 Å². The van der Waals surface area contributed by atoms with Gasteiger partial charge in [0.05, 0.1) is 30.1 Å². The number of hydrogen-bond donors (Lipinski definition) is 1. The van der Waals surface area contributed by atoms with Crippen LogP contribution in [0.2, 0.25) is 0 Å². The summed E-state index contributed by atoms with van der Waals surface area (Å²) in [6.07, 6.45) is -4.46. The van der Waals surface area contributed by atoms with Crippen LogP contribution < -0.4 is 0 Å². The van der Waals surface area contributed by atoms with Crippen molar-refractivity contribution in [3.63, 3.8) is 0 Å². The summed E-state index contributed by atoms with van der Waals surface area (Å²) < 4.78 is 25.4. The Kier molecular flexibility index (Phi) is 11.7. The molecule has 0 saturated carbocycles. The van der Waals surface area contributed by atoms with Crippen molar-refractivity contribution in [2.24, 2.45) is 17.8 Å². The van der Waals surface area contributed by atoms with Crippen molar-refractivity contribution in [3.8, 4) is 0 Å². The molecule has 1 unspecified atom stereocenters. The molecular formula is C29H43N3O12S. The number of carbonyl (C=O) groups excluding carboxylic acids is 6. The second-order valence-corrected chi connectivity index (χ2v) is 13.3. The molecule has 0 spiro atoms. The zero-order chi connectivity index (χ0) is 33.9. The van der Waals surface area contributed by atoms with E-state index in [1.807, 2.05) is 6.92 Å². The number of β-lactam (4-membered cyclic amide) rings is 1. The van der Waals surface area contributed by atoms with Gasteiger partial charge < -0.3 is 38.6 Å². The molecule has 0 bridgehead atoms. The van der Waals surface area contributed by atoms with Crippen molar-refractivity contribution in [3.05, 3.63) is 10.6 Å². The van der Waals surface area contributed by atoms with E-state index in [2.05, 4.69) is 0 Å². The van der Waals surface area contributed by atoms with Crippen LogP contribution in [-0.4, -0.2) is 119 Å².